The molecular weight excluding hydrogens is 378 g/mol. The van der Waals surface area contributed by atoms with Gasteiger partial charge in [0.1, 0.15) is 5.75 Å². The molecule has 0 saturated heterocycles. The average molecular weight is 393 g/mol. The lowest BCUT2D eigenvalue weighted by Crippen LogP contribution is -2.12. The summed E-state index contributed by atoms with van der Waals surface area (Å²) in [5.41, 5.74) is 1.13. The van der Waals surface area contributed by atoms with Crippen LogP contribution in [0, 0.1) is 6.92 Å². The maximum atomic E-state index is 12.4. The highest BCUT2D eigenvalue weighted by Crippen LogP contribution is 2.31. The Labute approximate surface area is 150 Å². The number of phenolic OH excluding ortho intramolecular Hbond substituents is 1. The molecule has 0 fully saturated rings. The standard InChI is InChI=1S/C17H15NO6S2/c1-11-2-6-14(7-3-11)25(20,21)18-13-5-4-12-8-15(26(22,23)24)10-17(19)16(12)9-13/h2-10,18-19H,1H3,(H,22,23,24). The van der Waals surface area contributed by atoms with Crippen molar-refractivity contribution < 1.29 is 26.5 Å². The molecule has 0 aliphatic carbocycles. The number of nitrogens with one attached hydrogen (secondary N) is 1. The molecule has 3 rings (SSSR count). The van der Waals surface area contributed by atoms with Crippen molar-refractivity contribution in [3.8, 4) is 5.75 Å². The molecule has 26 heavy (non-hydrogen) atoms. The Morgan fingerprint density at radius 2 is 1.50 bits per heavy atom. The summed E-state index contributed by atoms with van der Waals surface area (Å²) in [6, 6.07) is 12.7. The van der Waals surface area contributed by atoms with Crippen LogP contribution >= 0.6 is 0 Å². The number of hydrogen-bond acceptors (Lipinski definition) is 5. The molecule has 0 saturated carbocycles. The lowest BCUT2D eigenvalue weighted by Gasteiger charge is -2.10. The molecule has 0 atom stereocenters. The Morgan fingerprint density at radius 1 is 0.846 bits per heavy atom. The number of fused-ring (bicyclic) bond motifs is 1. The minimum absolute atomic E-state index is 0.0918. The highest BCUT2D eigenvalue weighted by Gasteiger charge is 2.16. The monoisotopic (exact) mass is 393 g/mol. The third-order valence-electron chi connectivity index (χ3n) is 3.79. The Balaban J connectivity index is 2.02. The molecule has 0 spiro atoms. The molecule has 9 heteroatoms. The van der Waals surface area contributed by atoms with Gasteiger partial charge in [-0.15, -0.1) is 0 Å². The first-order valence-corrected chi connectivity index (χ1v) is 10.3. The fourth-order valence-corrected chi connectivity index (χ4v) is 4.04. The third-order valence-corrected chi connectivity index (χ3v) is 6.02. The largest absolute Gasteiger partial charge is 0.507 e. The molecular formula is C17H15NO6S2. The highest BCUT2D eigenvalue weighted by molar-refractivity contribution is 7.92. The summed E-state index contributed by atoms with van der Waals surface area (Å²) in [7, 11) is -8.28. The van der Waals surface area contributed by atoms with Crippen molar-refractivity contribution in [2.45, 2.75) is 16.7 Å². The van der Waals surface area contributed by atoms with E-state index in [0.29, 0.717) is 5.39 Å². The molecule has 0 aliphatic heterocycles. The van der Waals surface area contributed by atoms with Crippen LogP contribution in [0.15, 0.2) is 64.4 Å². The van der Waals surface area contributed by atoms with Gasteiger partial charge in [0, 0.05) is 17.1 Å². The normalized spacial score (nSPS) is 12.2. The molecule has 0 unspecified atom stereocenters. The van der Waals surface area contributed by atoms with Crippen LogP contribution in [0.3, 0.4) is 0 Å². The zero-order valence-corrected chi connectivity index (χ0v) is 15.2. The van der Waals surface area contributed by atoms with E-state index in [1.807, 2.05) is 6.92 Å². The van der Waals surface area contributed by atoms with E-state index in [0.717, 1.165) is 11.6 Å². The van der Waals surface area contributed by atoms with Gasteiger partial charge in [-0.05, 0) is 42.6 Å². The van der Waals surface area contributed by atoms with E-state index in [2.05, 4.69) is 4.72 Å². The zero-order chi connectivity index (χ0) is 19.1. The van der Waals surface area contributed by atoms with E-state index < -0.39 is 30.8 Å². The van der Waals surface area contributed by atoms with Crippen molar-refractivity contribution in [2.75, 3.05) is 4.72 Å². The van der Waals surface area contributed by atoms with Crippen LogP contribution in [0.2, 0.25) is 0 Å². The number of hydrogen-bond donors (Lipinski definition) is 3. The minimum Gasteiger partial charge on any atom is -0.507 e. The molecule has 0 aromatic heterocycles. The van der Waals surface area contributed by atoms with E-state index in [4.69, 9.17) is 4.55 Å². The van der Waals surface area contributed by atoms with Gasteiger partial charge in [0.2, 0.25) is 0 Å². The van der Waals surface area contributed by atoms with Gasteiger partial charge < -0.3 is 5.11 Å². The molecule has 3 N–H and O–H groups in total. The molecule has 3 aromatic carbocycles. The minimum atomic E-state index is -4.47. The molecule has 136 valence electrons. The lowest BCUT2D eigenvalue weighted by atomic mass is 10.1. The number of benzene rings is 3. The van der Waals surface area contributed by atoms with Crippen LogP contribution in [0.1, 0.15) is 5.56 Å². The second-order valence-corrected chi connectivity index (χ2v) is 8.88. The molecule has 7 nitrogen and oxygen atoms in total. The molecule has 0 radical (unpaired) electrons. The maximum absolute atomic E-state index is 12.4. The molecule has 0 bridgehead atoms. The van der Waals surface area contributed by atoms with Gasteiger partial charge in [-0.1, -0.05) is 23.8 Å². The summed E-state index contributed by atoms with van der Waals surface area (Å²) in [5.74, 6) is -0.397. The number of rotatable bonds is 4. The van der Waals surface area contributed by atoms with E-state index in [1.54, 1.807) is 12.1 Å². The van der Waals surface area contributed by atoms with Gasteiger partial charge in [-0.2, -0.15) is 8.42 Å². The summed E-state index contributed by atoms with van der Waals surface area (Å²) < 4.78 is 58.8. The van der Waals surface area contributed by atoms with Crippen molar-refractivity contribution >= 4 is 36.6 Å². The Hall–Kier alpha value is -2.62. The van der Waals surface area contributed by atoms with E-state index in [1.165, 1.54) is 36.4 Å². The first kappa shape index (κ1) is 18.2. The van der Waals surface area contributed by atoms with Crippen molar-refractivity contribution in [2.24, 2.45) is 0 Å². The number of anilines is 1. The molecule has 0 aliphatic rings. The number of sulfonamides is 1. The van der Waals surface area contributed by atoms with Crippen molar-refractivity contribution in [1.29, 1.82) is 0 Å². The molecule has 3 aromatic rings. The second-order valence-electron chi connectivity index (χ2n) is 5.77. The highest BCUT2D eigenvalue weighted by atomic mass is 32.2. The van der Waals surface area contributed by atoms with Crippen LogP contribution in [-0.2, 0) is 20.1 Å². The van der Waals surface area contributed by atoms with Crippen LogP contribution < -0.4 is 4.72 Å². The van der Waals surface area contributed by atoms with Gasteiger partial charge in [-0.3, -0.25) is 9.27 Å². The lowest BCUT2D eigenvalue weighted by molar-refractivity contribution is 0.471. The van der Waals surface area contributed by atoms with E-state index >= 15 is 0 Å². The first-order valence-electron chi connectivity index (χ1n) is 7.40. The predicted molar refractivity (Wildman–Crippen MR) is 97.4 cm³/mol. The van der Waals surface area contributed by atoms with Crippen LogP contribution in [-0.4, -0.2) is 26.5 Å². The van der Waals surface area contributed by atoms with E-state index in [-0.39, 0.29) is 16.0 Å². The first-order chi connectivity index (χ1) is 12.1. The Kier molecular flexibility index (Phi) is 4.39. The van der Waals surface area contributed by atoms with Gasteiger partial charge in [0.15, 0.2) is 0 Å². The number of aryl methyl sites for hydroxylation is 1. The summed E-state index contributed by atoms with van der Waals surface area (Å²) in [5, 5.41) is 10.6. The third kappa shape index (κ3) is 3.64. The fraction of sp³-hybridized carbons (Fsp3) is 0.0588. The van der Waals surface area contributed by atoms with Crippen LogP contribution in [0.4, 0.5) is 5.69 Å². The van der Waals surface area contributed by atoms with Crippen LogP contribution in [0.5, 0.6) is 5.75 Å². The summed E-state index contributed by atoms with van der Waals surface area (Å²) in [6.45, 7) is 1.84. The predicted octanol–water partition coefficient (Wildman–Crippen LogP) is 2.90. The average Bonchev–Trinajstić information content (AvgIpc) is 2.54. The Morgan fingerprint density at radius 3 is 2.12 bits per heavy atom. The SMILES string of the molecule is Cc1ccc(S(=O)(=O)Nc2ccc3cc(S(=O)(=O)O)cc(O)c3c2)cc1. The van der Waals surface area contributed by atoms with Crippen molar-refractivity contribution in [3.63, 3.8) is 0 Å². The fourth-order valence-electron chi connectivity index (χ4n) is 2.46. The number of aromatic hydroxyl groups is 1. The van der Waals surface area contributed by atoms with Crippen LogP contribution in [0.25, 0.3) is 10.8 Å². The molecule has 0 heterocycles. The van der Waals surface area contributed by atoms with Gasteiger partial charge in [0.25, 0.3) is 20.1 Å². The maximum Gasteiger partial charge on any atom is 0.294 e. The second kappa shape index (κ2) is 6.27. The van der Waals surface area contributed by atoms with E-state index in [9.17, 15) is 21.9 Å². The van der Waals surface area contributed by atoms with Gasteiger partial charge in [-0.25, -0.2) is 8.42 Å². The smallest absolute Gasteiger partial charge is 0.294 e. The summed E-state index contributed by atoms with van der Waals surface area (Å²) in [6.07, 6.45) is 0. The Bertz CT molecular complexity index is 1200. The van der Waals surface area contributed by atoms with Crippen molar-refractivity contribution in [1.82, 2.24) is 0 Å². The quantitative estimate of drug-likeness (QED) is 0.586. The summed E-state index contributed by atoms with van der Waals surface area (Å²) in [4.78, 5) is -0.357. The zero-order valence-electron chi connectivity index (χ0n) is 13.5. The number of phenols is 1. The topological polar surface area (TPSA) is 121 Å². The van der Waals surface area contributed by atoms with Gasteiger partial charge >= 0.3 is 0 Å². The van der Waals surface area contributed by atoms with Crippen molar-refractivity contribution in [3.05, 3.63) is 60.2 Å². The molecule has 0 amide bonds. The van der Waals surface area contributed by atoms with Gasteiger partial charge in [0.05, 0.1) is 9.79 Å². The summed E-state index contributed by atoms with van der Waals surface area (Å²) >= 11 is 0.